The maximum Gasteiger partial charge on any atom is 0.340 e. The lowest BCUT2D eigenvalue weighted by molar-refractivity contribution is 0.0601. The average Bonchev–Trinajstić information content (AvgIpc) is 2.45. The molecule has 0 spiro atoms. The van der Waals surface area contributed by atoms with Gasteiger partial charge in [0.15, 0.2) is 6.29 Å². The van der Waals surface area contributed by atoms with Gasteiger partial charge < -0.3 is 4.74 Å². The SMILES string of the molecule is COC(=O)c1csc(C=O)c1Cl. The van der Waals surface area contributed by atoms with Crippen LogP contribution in [-0.2, 0) is 4.74 Å². The second-order valence-corrected chi connectivity index (χ2v) is 3.23. The van der Waals surface area contributed by atoms with E-state index < -0.39 is 5.97 Å². The van der Waals surface area contributed by atoms with Gasteiger partial charge in [-0.3, -0.25) is 4.79 Å². The van der Waals surface area contributed by atoms with Gasteiger partial charge in [0, 0.05) is 5.38 Å². The van der Waals surface area contributed by atoms with Crippen molar-refractivity contribution in [1.82, 2.24) is 0 Å². The van der Waals surface area contributed by atoms with Crippen LogP contribution in [0.1, 0.15) is 20.0 Å². The van der Waals surface area contributed by atoms with E-state index in [-0.39, 0.29) is 10.6 Å². The minimum atomic E-state index is -0.524. The van der Waals surface area contributed by atoms with E-state index in [1.807, 2.05) is 0 Å². The van der Waals surface area contributed by atoms with Crippen LogP contribution < -0.4 is 0 Å². The highest BCUT2D eigenvalue weighted by atomic mass is 35.5. The molecule has 0 unspecified atom stereocenters. The van der Waals surface area contributed by atoms with Crippen LogP contribution in [0.15, 0.2) is 5.38 Å². The summed E-state index contributed by atoms with van der Waals surface area (Å²) in [6.07, 6.45) is 0.611. The molecule has 1 rings (SSSR count). The highest BCUT2D eigenvalue weighted by Gasteiger charge is 2.15. The first kappa shape index (κ1) is 9.22. The minimum Gasteiger partial charge on any atom is -0.465 e. The van der Waals surface area contributed by atoms with Crippen LogP contribution in [0.4, 0.5) is 0 Å². The highest BCUT2D eigenvalue weighted by molar-refractivity contribution is 7.12. The van der Waals surface area contributed by atoms with Crippen LogP contribution in [-0.4, -0.2) is 19.4 Å². The Kier molecular flexibility index (Phi) is 2.83. The van der Waals surface area contributed by atoms with E-state index in [4.69, 9.17) is 11.6 Å². The number of hydrogen-bond acceptors (Lipinski definition) is 4. The molecule has 0 amide bonds. The lowest BCUT2D eigenvalue weighted by atomic mass is 10.3. The van der Waals surface area contributed by atoms with E-state index >= 15 is 0 Å². The smallest absolute Gasteiger partial charge is 0.340 e. The summed E-state index contributed by atoms with van der Waals surface area (Å²) in [6, 6.07) is 0. The van der Waals surface area contributed by atoms with Crippen molar-refractivity contribution in [3.05, 3.63) is 20.8 Å². The Bertz CT molecular complexity index is 318. The minimum absolute atomic E-state index is 0.168. The predicted octanol–water partition coefficient (Wildman–Crippen LogP) is 2.00. The van der Waals surface area contributed by atoms with Crippen LogP contribution in [0.5, 0.6) is 0 Å². The second-order valence-electron chi connectivity index (χ2n) is 1.94. The lowest BCUT2D eigenvalue weighted by Gasteiger charge is -1.94. The first-order valence-electron chi connectivity index (χ1n) is 3.01. The number of hydrogen-bond donors (Lipinski definition) is 0. The number of carbonyl (C=O) groups excluding carboxylic acids is 2. The van der Waals surface area contributed by atoms with Crippen LogP contribution >= 0.6 is 22.9 Å². The normalized spacial score (nSPS) is 9.50. The van der Waals surface area contributed by atoms with Crippen molar-refractivity contribution >= 4 is 35.2 Å². The summed E-state index contributed by atoms with van der Waals surface area (Å²) in [5.41, 5.74) is 0.242. The molecule has 0 aliphatic heterocycles. The molecule has 0 bridgehead atoms. The highest BCUT2D eigenvalue weighted by Crippen LogP contribution is 2.26. The first-order valence-corrected chi connectivity index (χ1v) is 4.27. The molecule has 0 aliphatic rings. The summed E-state index contributed by atoms with van der Waals surface area (Å²) in [4.78, 5) is 21.6. The third-order valence-electron chi connectivity index (χ3n) is 1.27. The fourth-order valence-electron chi connectivity index (χ4n) is 0.686. The molecular formula is C7H5ClO3S. The topological polar surface area (TPSA) is 43.4 Å². The molecule has 1 heterocycles. The van der Waals surface area contributed by atoms with Crippen molar-refractivity contribution in [1.29, 1.82) is 0 Å². The van der Waals surface area contributed by atoms with Crippen molar-refractivity contribution in [3.8, 4) is 0 Å². The molecule has 0 fully saturated rings. The zero-order chi connectivity index (χ0) is 9.14. The van der Waals surface area contributed by atoms with E-state index in [9.17, 15) is 9.59 Å². The van der Waals surface area contributed by atoms with Gasteiger partial charge in [-0.25, -0.2) is 4.79 Å². The fourth-order valence-corrected chi connectivity index (χ4v) is 1.79. The summed E-state index contributed by atoms with van der Waals surface area (Å²) in [7, 11) is 1.26. The molecule has 0 aromatic carbocycles. The third kappa shape index (κ3) is 1.49. The quantitative estimate of drug-likeness (QED) is 0.547. The Morgan fingerprint density at radius 2 is 2.42 bits per heavy atom. The lowest BCUT2D eigenvalue weighted by Crippen LogP contribution is -1.99. The molecule has 64 valence electrons. The van der Waals surface area contributed by atoms with Gasteiger partial charge in [-0.15, -0.1) is 11.3 Å². The van der Waals surface area contributed by atoms with Crippen LogP contribution in [0.2, 0.25) is 5.02 Å². The van der Waals surface area contributed by atoms with Gasteiger partial charge in [0.1, 0.15) is 0 Å². The summed E-state index contributed by atoms with van der Waals surface area (Å²) in [5.74, 6) is -0.524. The fraction of sp³-hybridized carbons (Fsp3) is 0.143. The summed E-state index contributed by atoms with van der Waals surface area (Å²) in [5, 5.41) is 1.67. The third-order valence-corrected chi connectivity index (χ3v) is 2.70. The predicted molar refractivity (Wildman–Crippen MR) is 46.1 cm³/mol. The number of thiophene rings is 1. The van der Waals surface area contributed by atoms with Gasteiger partial charge in [-0.2, -0.15) is 0 Å². The Morgan fingerprint density at radius 1 is 1.75 bits per heavy atom. The number of aldehydes is 1. The molecule has 3 nitrogen and oxygen atoms in total. The molecular weight excluding hydrogens is 200 g/mol. The maximum absolute atomic E-state index is 10.9. The first-order chi connectivity index (χ1) is 5.70. The largest absolute Gasteiger partial charge is 0.465 e. The van der Waals surface area contributed by atoms with Gasteiger partial charge in [0.25, 0.3) is 0 Å². The van der Waals surface area contributed by atoms with E-state index in [0.717, 1.165) is 11.3 Å². The standard InChI is InChI=1S/C7H5ClO3S/c1-11-7(10)4-3-12-5(2-9)6(4)8/h2-3H,1H3. The van der Waals surface area contributed by atoms with Gasteiger partial charge in [-0.1, -0.05) is 11.6 Å². The zero-order valence-corrected chi connectivity index (χ0v) is 7.74. The molecule has 0 saturated carbocycles. The second kappa shape index (κ2) is 3.69. The molecule has 1 aromatic rings. The molecule has 0 saturated heterocycles. The van der Waals surface area contributed by atoms with Crippen molar-refractivity contribution in [3.63, 3.8) is 0 Å². The maximum atomic E-state index is 10.9. The molecule has 0 aliphatic carbocycles. The Hall–Kier alpha value is -0.870. The zero-order valence-electron chi connectivity index (χ0n) is 6.17. The van der Waals surface area contributed by atoms with Crippen LogP contribution in [0, 0.1) is 0 Å². The summed E-state index contributed by atoms with van der Waals surface area (Å²) >= 11 is 6.80. The van der Waals surface area contributed by atoms with Crippen molar-refractivity contribution in [2.45, 2.75) is 0 Å². The average molecular weight is 205 g/mol. The van der Waals surface area contributed by atoms with Crippen LogP contribution in [0.3, 0.4) is 0 Å². The van der Waals surface area contributed by atoms with Crippen LogP contribution in [0.25, 0.3) is 0 Å². The van der Waals surface area contributed by atoms with Gasteiger partial charge >= 0.3 is 5.97 Å². The van der Waals surface area contributed by atoms with Gasteiger partial charge in [0.2, 0.25) is 0 Å². The number of rotatable bonds is 2. The number of methoxy groups -OCH3 is 1. The van der Waals surface area contributed by atoms with Crippen molar-refractivity contribution in [2.24, 2.45) is 0 Å². The molecule has 0 radical (unpaired) electrons. The van der Waals surface area contributed by atoms with Crippen molar-refractivity contribution < 1.29 is 14.3 Å². The number of ether oxygens (including phenoxy) is 1. The number of halogens is 1. The number of esters is 1. The Labute approximate surface area is 77.9 Å². The molecule has 5 heteroatoms. The van der Waals surface area contributed by atoms with E-state index in [1.54, 1.807) is 0 Å². The Morgan fingerprint density at radius 3 is 2.83 bits per heavy atom. The molecule has 0 N–H and O–H groups in total. The molecule has 1 aromatic heterocycles. The Balaban J connectivity index is 3.10. The van der Waals surface area contributed by atoms with E-state index in [2.05, 4.69) is 4.74 Å². The number of carbonyl (C=O) groups is 2. The van der Waals surface area contributed by atoms with Gasteiger partial charge in [0.05, 0.1) is 22.6 Å². The summed E-state index contributed by atoms with van der Waals surface area (Å²) in [6.45, 7) is 0. The van der Waals surface area contributed by atoms with E-state index in [1.165, 1.54) is 12.5 Å². The monoisotopic (exact) mass is 204 g/mol. The van der Waals surface area contributed by atoms with E-state index in [0.29, 0.717) is 11.2 Å². The molecule has 12 heavy (non-hydrogen) atoms. The van der Waals surface area contributed by atoms with Crippen molar-refractivity contribution in [2.75, 3.05) is 7.11 Å². The summed E-state index contributed by atoms with van der Waals surface area (Å²) < 4.78 is 4.44. The van der Waals surface area contributed by atoms with Gasteiger partial charge in [-0.05, 0) is 0 Å². The molecule has 0 atom stereocenters.